The molecule has 0 aromatic carbocycles. The molecule has 0 aromatic rings. The molecule has 0 spiro atoms. The molecule has 2 heterocycles. The number of methoxy groups -OCH3 is 1. The zero-order chi connectivity index (χ0) is 15.3. The van der Waals surface area contributed by atoms with Crippen molar-refractivity contribution in [3.05, 3.63) is 0 Å². The lowest BCUT2D eigenvalue weighted by Gasteiger charge is -2.37. The first-order valence-electron chi connectivity index (χ1n) is 7.89. The average Bonchev–Trinajstić information content (AvgIpc) is 2.77. The van der Waals surface area contributed by atoms with E-state index in [4.69, 9.17) is 4.74 Å². The molecular formula is C14H26N2O4S. The third kappa shape index (κ3) is 4.17. The average molecular weight is 318 g/mol. The maximum atomic E-state index is 12.9. The zero-order valence-electron chi connectivity index (χ0n) is 12.8. The third-order valence-corrected chi connectivity index (χ3v) is 6.48. The first kappa shape index (κ1) is 16.7. The molecule has 1 atom stereocenters. The predicted octanol–water partition coefficient (Wildman–Crippen LogP) is 1.52. The van der Waals surface area contributed by atoms with Crippen molar-refractivity contribution < 1.29 is 17.9 Å². The molecule has 7 heteroatoms. The first-order chi connectivity index (χ1) is 10.1. The van der Waals surface area contributed by atoms with E-state index in [-0.39, 0.29) is 18.4 Å². The summed E-state index contributed by atoms with van der Waals surface area (Å²) in [4.78, 5) is 11.5. The SMILES string of the molecule is COC(=O)CC1CCCCN1S(=O)(=O)N1CCCCCC1. The van der Waals surface area contributed by atoms with Crippen molar-refractivity contribution in [1.82, 2.24) is 8.61 Å². The molecule has 2 saturated heterocycles. The molecule has 0 aromatic heterocycles. The Morgan fingerprint density at radius 2 is 1.67 bits per heavy atom. The fraction of sp³-hybridized carbons (Fsp3) is 0.929. The monoisotopic (exact) mass is 318 g/mol. The number of carbonyl (C=O) groups excluding carboxylic acids is 1. The third-order valence-electron chi connectivity index (χ3n) is 4.39. The summed E-state index contributed by atoms with van der Waals surface area (Å²) in [5.74, 6) is -0.335. The lowest BCUT2D eigenvalue weighted by atomic mass is 10.0. The highest BCUT2D eigenvalue weighted by Crippen LogP contribution is 2.26. The van der Waals surface area contributed by atoms with Crippen LogP contribution in [0.15, 0.2) is 0 Å². The summed E-state index contributed by atoms with van der Waals surface area (Å²) in [5.41, 5.74) is 0. The van der Waals surface area contributed by atoms with Crippen LogP contribution in [-0.2, 0) is 19.7 Å². The van der Waals surface area contributed by atoms with Crippen LogP contribution in [0.4, 0.5) is 0 Å². The largest absolute Gasteiger partial charge is 0.469 e. The summed E-state index contributed by atoms with van der Waals surface area (Å²) in [6.45, 7) is 1.72. The summed E-state index contributed by atoms with van der Waals surface area (Å²) in [5, 5.41) is 0. The van der Waals surface area contributed by atoms with Gasteiger partial charge in [0.05, 0.1) is 13.5 Å². The topological polar surface area (TPSA) is 66.9 Å². The van der Waals surface area contributed by atoms with Crippen LogP contribution in [0.5, 0.6) is 0 Å². The second kappa shape index (κ2) is 7.56. The molecule has 2 aliphatic heterocycles. The Morgan fingerprint density at radius 3 is 2.29 bits per heavy atom. The molecule has 0 radical (unpaired) electrons. The van der Waals surface area contributed by atoms with Crippen LogP contribution in [-0.4, -0.2) is 55.8 Å². The lowest BCUT2D eigenvalue weighted by Crippen LogP contribution is -2.51. The number of ether oxygens (including phenoxy) is 1. The smallest absolute Gasteiger partial charge is 0.307 e. The van der Waals surface area contributed by atoms with E-state index in [9.17, 15) is 13.2 Å². The number of hydrogen-bond donors (Lipinski definition) is 0. The van der Waals surface area contributed by atoms with Crippen LogP contribution < -0.4 is 0 Å². The van der Waals surface area contributed by atoms with E-state index < -0.39 is 10.2 Å². The summed E-state index contributed by atoms with van der Waals surface area (Å²) in [6.07, 6.45) is 6.77. The van der Waals surface area contributed by atoms with Crippen LogP contribution in [0.2, 0.25) is 0 Å². The highest BCUT2D eigenvalue weighted by Gasteiger charge is 2.37. The van der Waals surface area contributed by atoms with Gasteiger partial charge in [0.25, 0.3) is 10.2 Å². The second-order valence-electron chi connectivity index (χ2n) is 5.86. The van der Waals surface area contributed by atoms with Crippen molar-refractivity contribution >= 4 is 16.2 Å². The Balaban J connectivity index is 2.12. The molecule has 0 N–H and O–H groups in total. The quantitative estimate of drug-likeness (QED) is 0.737. The van der Waals surface area contributed by atoms with E-state index in [1.807, 2.05) is 0 Å². The van der Waals surface area contributed by atoms with Gasteiger partial charge in [-0.05, 0) is 25.7 Å². The minimum atomic E-state index is -3.45. The normalized spacial score (nSPS) is 26.2. The number of hydrogen-bond acceptors (Lipinski definition) is 4. The standard InChI is InChI=1S/C14H26N2O4S/c1-20-14(17)12-13-8-4-7-11-16(13)21(18,19)15-9-5-2-3-6-10-15/h13H,2-12H2,1H3. The summed E-state index contributed by atoms with van der Waals surface area (Å²) in [6, 6.07) is -0.251. The Labute approximate surface area is 127 Å². The van der Waals surface area contributed by atoms with E-state index >= 15 is 0 Å². The molecule has 2 fully saturated rings. The van der Waals surface area contributed by atoms with Crippen LogP contribution in [0.3, 0.4) is 0 Å². The molecular weight excluding hydrogens is 292 g/mol. The molecule has 6 nitrogen and oxygen atoms in total. The summed E-state index contributed by atoms with van der Waals surface area (Å²) < 4.78 is 33.6. The van der Waals surface area contributed by atoms with Gasteiger partial charge >= 0.3 is 5.97 Å². The van der Waals surface area contributed by atoms with Gasteiger partial charge in [0, 0.05) is 25.7 Å². The second-order valence-corrected chi connectivity index (χ2v) is 7.74. The van der Waals surface area contributed by atoms with Gasteiger partial charge < -0.3 is 4.74 Å². The van der Waals surface area contributed by atoms with E-state index in [1.165, 1.54) is 7.11 Å². The Hall–Kier alpha value is -0.660. The highest BCUT2D eigenvalue weighted by atomic mass is 32.2. The Kier molecular flexibility index (Phi) is 6.01. The number of rotatable bonds is 4. The van der Waals surface area contributed by atoms with Gasteiger partial charge in [-0.3, -0.25) is 4.79 Å². The molecule has 0 saturated carbocycles. The van der Waals surface area contributed by atoms with Gasteiger partial charge in [0.15, 0.2) is 0 Å². The van der Waals surface area contributed by atoms with Crippen LogP contribution in [0.1, 0.15) is 51.4 Å². The highest BCUT2D eigenvalue weighted by molar-refractivity contribution is 7.86. The fourth-order valence-electron chi connectivity index (χ4n) is 3.18. The van der Waals surface area contributed by atoms with Gasteiger partial charge in [0.1, 0.15) is 0 Å². The van der Waals surface area contributed by atoms with Crippen molar-refractivity contribution in [2.24, 2.45) is 0 Å². The molecule has 2 rings (SSSR count). The van der Waals surface area contributed by atoms with Crippen molar-refractivity contribution in [3.8, 4) is 0 Å². The van der Waals surface area contributed by atoms with Crippen molar-refractivity contribution in [1.29, 1.82) is 0 Å². The minimum absolute atomic E-state index is 0.156. The van der Waals surface area contributed by atoms with Crippen molar-refractivity contribution in [2.75, 3.05) is 26.7 Å². The van der Waals surface area contributed by atoms with Gasteiger partial charge in [-0.2, -0.15) is 17.0 Å². The molecule has 0 bridgehead atoms. The van der Waals surface area contributed by atoms with Crippen LogP contribution in [0, 0.1) is 0 Å². The molecule has 1 unspecified atom stereocenters. The first-order valence-corrected chi connectivity index (χ1v) is 9.29. The minimum Gasteiger partial charge on any atom is -0.469 e. The zero-order valence-corrected chi connectivity index (χ0v) is 13.6. The predicted molar refractivity (Wildman–Crippen MR) is 79.9 cm³/mol. The van der Waals surface area contributed by atoms with Crippen molar-refractivity contribution in [3.63, 3.8) is 0 Å². The number of esters is 1. The maximum Gasteiger partial charge on any atom is 0.307 e. The van der Waals surface area contributed by atoms with E-state index in [1.54, 1.807) is 8.61 Å². The maximum absolute atomic E-state index is 12.9. The van der Waals surface area contributed by atoms with Gasteiger partial charge in [0.2, 0.25) is 0 Å². The molecule has 0 aliphatic carbocycles. The number of piperidine rings is 1. The van der Waals surface area contributed by atoms with Crippen molar-refractivity contribution in [2.45, 2.75) is 57.4 Å². The van der Waals surface area contributed by atoms with Gasteiger partial charge in [-0.1, -0.05) is 19.3 Å². The molecule has 122 valence electrons. The number of nitrogens with zero attached hydrogens (tertiary/aromatic N) is 2. The number of carbonyl (C=O) groups is 1. The van der Waals surface area contributed by atoms with Gasteiger partial charge in [-0.15, -0.1) is 0 Å². The molecule has 21 heavy (non-hydrogen) atoms. The Bertz CT molecular complexity index is 444. The Morgan fingerprint density at radius 1 is 1.05 bits per heavy atom. The van der Waals surface area contributed by atoms with E-state index in [2.05, 4.69) is 0 Å². The van der Waals surface area contributed by atoms with Crippen LogP contribution in [0.25, 0.3) is 0 Å². The van der Waals surface area contributed by atoms with E-state index in [0.717, 1.165) is 44.9 Å². The molecule has 0 amide bonds. The summed E-state index contributed by atoms with van der Waals surface area (Å²) >= 11 is 0. The van der Waals surface area contributed by atoms with E-state index in [0.29, 0.717) is 19.6 Å². The van der Waals surface area contributed by atoms with Crippen LogP contribution >= 0.6 is 0 Å². The fourth-order valence-corrected chi connectivity index (χ4v) is 5.11. The summed E-state index contributed by atoms with van der Waals surface area (Å²) in [7, 11) is -2.11. The molecule has 2 aliphatic rings. The lowest BCUT2D eigenvalue weighted by molar-refractivity contribution is -0.141. The van der Waals surface area contributed by atoms with Gasteiger partial charge in [-0.25, -0.2) is 0 Å².